The highest BCUT2D eigenvalue weighted by atomic mass is 79.9. The number of rotatable bonds is 7. The third-order valence-electron chi connectivity index (χ3n) is 6.46. The number of ether oxygens (including phenoxy) is 1. The molecule has 2 aromatic rings. The number of anilines is 1. The first kappa shape index (κ1) is 21.4. The van der Waals surface area contributed by atoms with Gasteiger partial charge in [0.2, 0.25) is 5.91 Å². The molecular weight excluding hydrogens is 440 g/mol. The Kier molecular flexibility index (Phi) is 7.11. The second-order valence-corrected chi connectivity index (χ2v) is 9.30. The van der Waals surface area contributed by atoms with Crippen molar-refractivity contribution in [1.29, 1.82) is 0 Å². The van der Waals surface area contributed by atoms with Gasteiger partial charge in [0.25, 0.3) is 0 Å². The molecule has 4 nitrogen and oxygen atoms in total. The minimum absolute atomic E-state index is 0.176. The van der Waals surface area contributed by atoms with Crippen LogP contribution < -0.4 is 9.64 Å². The van der Waals surface area contributed by atoms with E-state index in [9.17, 15) is 4.79 Å². The lowest BCUT2D eigenvalue weighted by atomic mass is 9.90. The average molecular weight is 471 g/mol. The number of carbonyl (C=O) groups excluding carboxylic acids is 1. The zero-order chi connectivity index (χ0) is 20.9. The van der Waals surface area contributed by atoms with E-state index in [-0.39, 0.29) is 5.91 Å². The van der Waals surface area contributed by atoms with Crippen LogP contribution in [0.2, 0.25) is 0 Å². The van der Waals surface area contributed by atoms with Crippen LogP contribution in [-0.4, -0.2) is 44.1 Å². The summed E-state index contributed by atoms with van der Waals surface area (Å²) in [5.74, 6) is 1.88. The minimum atomic E-state index is 0.176. The summed E-state index contributed by atoms with van der Waals surface area (Å²) in [6.07, 6.45) is 6.16. The predicted octanol–water partition coefficient (Wildman–Crippen LogP) is 5.08. The molecule has 0 radical (unpaired) electrons. The fraction of sp³-hybridized carbons (Fsp3) is 0.480. The lowest BCUT2D eigenvalue weighted by Crippen LogP contribution is -2.35. The van der Waals surface area contributed by atoms with Gasteiger partial charge in [0.1, 0.15) is 5.75 Å². The number of piperidine rings is 1. The average Bonchev–Trinajstić information content (AvgIpc) is 2.77. The summed E-state index contributed by atoms with van der Waals surface area (Å²) in [7, 11) is 1.84. The van der Waals surface area contributed by atoms with E-state index in [1.807, 2.05) is 19.2 Å². The van der Waals surface area contributed by atoms with Crippen molar-refractivity contribution in [1.82, 2.24) is 4.90 Å². The maximum absolute atomic E-state index is 11.9. The van der Waals surface area contributed by atoms with Gasteiger partial charge in [-0.25, -0.2) is 0 Å². The van der Waals surface area contributed by atoms with Crippen LogP contribution in [-0.2, 0) is 17.6 Å². The van der Waals surface area contributed by atoms with Gasteiger partial charge in [0, 0.05) is 25.7 Å². The number of hydrogen-bond donors (Lipinski definition) is 0. The summed E-state index contributed by atoms with van der Waals surface area (Å²) in [5, 5.41) is 0. The van der Waals surface area contributed by atoms with Gasteiger partial charge in [0.05, 0.1) is 11.1 Å². The summed E-state index contributed by atoms with van der Waals surface area (Å²) in [5.41, 5.74) is 3.63. The highest BCUT2D eigenvalue weighted by Crippen LogP contribution is 2.38. The van der Waals surface area contributed by atoms with E-state index in [2.05, 4.69) is 51.2 Å². The molecule has 0 N–H and O–H groups in total. The molecular formula is C25H31BrN2O2. The third-order valence-corrected chi connectivity index (χ3v) is 7.33. The van der Waals surface area contributed by atoms with E-state index >= 15 is 0 Å². The molecule has 1 saturated heterocycles. The van der Waals surface area contributed by atoms with Crippen molar-refractivity contribution in [2.24, 2.45) is 5.92 Å². The molecule has 2 aliphatic rings. The normalized spacial score (nSPS) is 17.8. The Bertz CT molecular complexity index is 863. The lowest BCUT2D eigenvalue weighted by Gasteiger charge is -2.32. The van der Waals surface area contributed by atoms with Gasteiger partial charge in [-0.1, -0.05) is 30.3 Å². The largest absolute Gasteiger partial charge is 0.492 e. The molecule has 0 unspecified atom stereocenters. The Balaban J connectivity index is 1.19. The first-order valence-corrected chi connectivity index (χ1v) is 11.9. The monoisotopic (exact) mass is 470 g/mol. The Labute approximate surface area is 188 Å². The molecule has 5 heteroatoms. The second kappa shape index (κ2) is 9.97. The van der Waals surface area contributed by atoms with Crippen LogP contribution in [0.25, 0.3) is 0 Å². The molecule has 1 fully saturated rings. The highest BCUT2D eigenvalue weighted by Gasteiger charge is 2.24. The number of likely N-dealkylation sites (tertiary alicyclic amines) is 1. The highest BCUT2D eigenvalue weighted by molar-refractivity contribution is 9.10. The van der Waals surface area contributed by atoms with Crippen LogP contribution in [0.3, 0.4) is 0 Å². The third kappa shape index (κ3) is 5.06. The van der Waals surface area contributed by atoms with Crippen molar-refractivity contribution in [3.05, 3.63) is 58.1 Å². The predicted molar refractivity (Wildman–Crippen MR) is 125 cm³/mol. The number of halogens is 1. The maximum Gasteiger partial charge on any atom is 0.227 e. The fourth-order valence-electron chi connectivity index (χ4n) is 4.62. The smallest absolute Gasteiger partial charge is 0.227 e. The molecule has 1 amide bonds. The Morgan fingerprint density at radius 2 is 1.83 bits per heavy atom. The van der Waals surface area contributed by atoms with Crippen LogP contribution in [0.1, 0.15) is 36.8 Å². The van der Waals surface area contributed by atoms with E-state index < -0.39 is 0 Å². The Hall–Kier alpha value is -1.85. The maximum atomic E-state index is 11.9. The first-order valence-electron chi connectivity index (χ1n) is 11.1. The van der Waals surface area contributed by atoms with E-state index in [4.69, 9.17) is 4.74 Å². The fourth-order valence-corrected chi connectivity index (χ4v) is 5.27. The Morgan fingerprint density at radius 3 is 2.60 bits per heavy atom. The van der Waals surface area contributed by atoms with Gasteiger partial charge in [-0.3, -0.25) is 4.79 Å². The summed E-state index contributed by atoms with van der Waals surface area (Å²) < 4.78 is 7.08. The number of nitrogens with zero attached hydrogens (tertiary/aromatic N) is 2. The minimum Gasteiger partial charge on any atom is -0.492 e. The number of hydrogen-bond acceptors (Lipinski definition) is 3. The van der Waals surface area contributed by atoms with Gasteiger partial charge in [-0.15, -0.1) is 0 Å². The van der Waals surface area contributed by atoms with E-state index in [0.29, 0.717) is 6.42 Å². The molecule has 0 atom stereocenters. The summed E-state index contributed by atoms with van der Waals surface area (Å²) >= 11 is 3.70. The standard InChI is InChI=1S/C25H31BrN2O2/c1-27-22-9-10-23(25(26)21(22)8-11-24(27)29)30-17-5-14-28-15-12-20(13-16-28)18-19-6-3-2-4-7-19/h2-4,6-7,9-10,20H,5,8,11-18H2,1H3. The SMILES string of the molecule is CN1C(=O)CCc2c1ccc(OCCCN1CCC(Cc3ccccc3)CC1)c2Br. The van der Waals surface area contributed by atoms with Crippen LogP contribution in [0.5, 0.6) is 5.75 Å². The molecule has 160 valence electrons. The van der Waals surface area contributed by atoms with Crippen LogP contribution in [0.15, 0.2) is 46.9 Å². The van der Waals surface area contributed by atoms with Crippen LogP contribution in [0.4, 0.5) is 5.69 Å². The van der Waals surface area contributed by atoms with Gasteiger partial charge < -0.3 is 14.5 Å². The number of fused-ring (bicyclic) bond motifs is 1. The summed E-state index contributed by atoms with van der Waals surface area (Å²) in [6, 6.07) is 14.9. The molecule has 4 rings (SSSR count). The first-order chi connectivity index (χ1) is 14.6. The van der Waals surface area contributed by atoms with Gasteiger partial charge in [-0.05, 0) is 90.3 Å². The number of benzene rings is 2. The van der Waals surface area contributed by atoms with E-state index in [0.717, 1.165) is 47.8 Å². The van der Waals surface area contributed by atoms with Crippen molar-refractivity contribution >= 4 is 27.5 Å². The molecule has 0 aromatic heterocycles. The van der Waals surface area contributed by atoms with Crippen molar-refractivity contribution in [2.45, 2.75) is 38.5 Å². The molecule has 2 heterocycles. The van der Waals surface area contributed by atoms with Crippen LogP contribution >= 0.6 is 15.9 Å². The van der Waals surface area contributed by atoms with Gasteiger partial charge in [0.15, 0.2) is 0 Å². The van der Waals surface area contributed by atoms with Crippen molar-refractivity contribution in [3.63, 3.8) is 0 Å². The quantitative estimate of drug-likeness (QED) is 0.528. The lowest BCUT2D eigenvalue weighted by molar-refractivity contribution is -0.118. The molecule has 0 bridgehead atoms. The molecule has 0 spiro atoms. The van der Waals surface area contributed by atoms with Crippen molar-refractivity contribution in [2.75, 3.05) is 38.2 Å². The van der Waals surface area contributed by atoms with E-state index in [1.165, 1.54) is 43.5 Å². The topological polar surface area (TPSA) is 32.8 Å². The number of carbonyl (C=O) groups is 1. The zero-order valence-corrected chi connectivity index (χ0v) is 19.4. The van der Waals surface area contributed by atoms with Crippen LogP contribution in [0, 0.1) is 5.92 Å². The van der Waals surface area contributed by atoms with Crippen molar-refractivity contribution in [3.8, 4) is 5.75 Å². The molecule has 2 aliphatic heterocycles. The summed E-state index contributed by atoms with van der Waals surface area (Å²) in [4.78, 5) is 16.2. The van der Waals surface area contributed by atoms with Gasteiger partial charge in [-0.2, -0.15) is 0 Å². The van der Waals surface area contributed by atoms with Gasteiger partial charge >= 0.3 is 0 Å². The van der Waals surface area contributed by atoms with E-state index in [1.54, 1.807) is 4.90 Å². The Morgan fingerprint density at radius 1 is 1.07 bits per heavy atom. The zero-order valence-electron chi connectivity index (χ0n) is 17.8. The molecule has 0 saturated carbocycles. The molecule has 2 aromatic carbocycles. The number of amides is 1. The molecule has 30 heavy (non-hydrogen) atoms. The van der Waals surface area contributed by atoms with Crippen molar-refractivity contribution < 1.29 is 9.53 Å². The molecule has 0 aliphatic carbocycles. The second-order valence-electron chi connectivity index (χ2n) is 8.50. The summed E-state index contributed by atoms with van der Waals surface area (Å²) in [6.45, 7) is 4.20.